The van der Waals surface area contributed by atoms with Crippen LogP contribution in [0.5, 0.6) is 0 Å². The second-order valence-electron chi connectivity index (χ2n) is 2.45. The highest BCUT2D eigenvalue weighted by Crippen LogP contribution is 2.26. The molecule has 0 aromatic rings. The lowest BCUT2D eigenvalue weighted by atomic mass is 10.1. The van der Waals surface area contributed by atoms with Gasteiger partial charge in [0.25, 0.3) is 0 Å². The molecule has 0 heterocycles. The van der Waals surface area contributed by atoms with Gasteiger partial charge in [-0.1, -0.05) is 28.9 Å². The highest BCUT2D eigenvalue weighted by atomic mass is 79.9. The van der Waals surface area contributed by atoms with E-state index in [1.807, 2.05) is 19.1 Å². The van der Waals surface area contributed by atoms with E-state index in [-0.39, 0.29) is 5.92 Å². The number of halogens is 2. The quantitative estimate of drug-likeness (QED) is 0.718. The first-order valence-corrected chi connectivity index (χ1v) is 4.84. The van der Waals surface area contributed by atoms with Crippen LogP contribution in [0, 0.1) is 5.92 Å². The Bertz CT molecular complexity index is 251. The van der Waals surface area contributed by atoms with E-state index < -0.39 is 0 Å². The molecule has 0 fully saturated rings. The Morgan fingerprint density at radius 3 is 2.64 bits per heavy atom. The van der Waals surface area contributed by atoms with Gasteiger partial charge in [0.05, 0.1) is 4.48 Å². The summed E-state index contributed by atoms with van der Waals surface area (Å²) >= 11 is 6.60. The van der Waals surface area contributed by atoms with Gasteiger partial charge in [-0.25, -0.2) is 0 Å². The average molecular weight is 280 g/mol. The molecule has 0 radical (unpaired) electrons. The molecular formula is C8H8Br2O. The van der Waals surface area contributed by atoms with Crippen molar-refractivity contribution in [2.24, 2.45) is 5.92 Å². The predicted molar refractivity (Wildman–Crippen MR) is 53.9 cm³/mol. The third kappa shape index (κ3) is 2.49. The fourth-order valence-electron chi connectivity index (χ4n) is 0.871. The summed E-state index contributed by atoms with van der Waals surface area (Å²) in [6.45, 7) is 2.01. The molecule has 11 heavy (non-hydrogen) atoms. The van der Waals surface area contributed by atoms with Gasteiger partial charge in [-0.05, 0) is 34.0 Å². The van der Waals surface area contributed by atoms with Crippen molar-refractivity contribution in [1.82, 2.24) is 0 Å². The molecule has 1 rings (SSSR count). The molecule has 0 spiro atoms. The normalized spacial score (nSPS) is 25.0. The molecule has 1 aliphatic carbocycles. The van der Waals surface area contributed by atoms with E-state index in [1.54, 1.807) is 6.08 Å². The van der Waals surface area contributed by atoms with Crippen LogP contribution in [0.25, 0.3) is 0 Å². The minimum atomic E-state index is 0.260. The largest absolute Gasteiger partial charge is 0.507 e. The van der Waals surface area contributed by atoms with Gasteiger partial charge < -0.3 is 5.11 Å². The maximum Gasteiger partial charge on any atom is 0.126 e. The fourth-order valence-corrected chi connectivity index (χ4v) is 2.20. The van der Waals surface area contributed by atoms with Gasteiger partial charge in [0.1, 0.15) is 5.76 Å². The van der Waals surface area contributed by atoms with E-state index in [2.05, 4.69) is 31.9 Å². The summed E-state index contributed by atoms with van der Waals surface area (Å²) in [5.41, 5.74) is 0. The lowest BCUT2D eigenvalue weighted by Gasteiger charge is -1.97. The smallest absolute Gasteiger partial charge is 0.126 e. The average Bonchev–Trinajstić information content (AvgIpc) is 1.93. The Kier molecular flexibility index (Phi) is 2.96. The summed E-state index contributed by atoms with van der Waals surface area (Å²) in [5.74, 6) is 0.555. The van der Waals surface area contributed by atoms with Crippen LogP contribution in [0.4, 0.5) is 0 Å². The van der Waals surface area contributed by atoms with Gasteiger partial charge in [0, 0.05) is 4.48 Å². The Morgan fingerprint density at radius 1 is 1.36 bits per heavy atom. The predicted octanol–water partition coefficient (Wildman–Crippen LogP) is 3.64. The number of hydrogen-bond acceptors (Lipinski definition) is 1. The topological polar surface area (TPSA) is 20.2 Å². The van der Waals surface area contributed by atoms with Crippen LogP contribution >= 0.6 is 31.9 Å². The minimum Gasteiger partial charge on any atom is -0.507 e. The molecule has 1 aliphatic rings. The van der Waals surface area contributed by atoms with E-state index >= 15 is 0 Å². The SMILES string of the molecule is CC1C=C(Br)C=C(Br)C(O)=C1. The van der Waals surface area contributed by atoms with Crippen LogP contribution in [0.1, 0.15) is 6.92 Å². The van der Waals surface area contributed by atoms with Gasteiger partial charge in [0.15, 0.2) is 0 Å². The Hall–Kier alpha value is -0.0200. The van der Waals surface area contributed by atoms with Crippen LogP contribution in [0.3, 0.4) is 0 Å². The number of aliphatic hydroxyl groups is 1. The summed E-state index contributed by atoms with van der Waals surface area (Å²) in [6, 6.07) is 0. The Labute approximate surface area is 82.7 Å². The second kappa shape index (κ2) is 3.59. The van der Waals surface area contributed by atoms with E-state index in [0.717, 1.165) is 4.48 Å². The number of aliphatic hydroxyl groups excluding tert-OH is 1. The lowest BCUT2D eigenvalue weighted by molar-refractivity contribution is 0.426. The van der Waals surface area contributed by atoms with Crippen molar-refractivity contribution in [2.75, 3.05) is 0 Å². The molecule has 1 atom stereocenters. The molecule has 3 heteroatoms. The van der Waals surface area contributed by atoms with Gasteiger partial charge >= 0.3 is 0 Å². The van der Waals surface area contributed by atoms with Crippen molar-refractivity contribution in [3.8, 4) is 0 Å². The van der Waals surface area contributed by atoms with Crippen molar-refractivity contribution in [3.05, 3.63) is 33.0 Å². The molecule has 1 N–H and O–H groups in total. The summed E-state index contributed by atoms with van der Waals surface area (Å²) in [6.07, 6.45) is 5.63. The Morgan fingerprint density at radius 2 is 2.00 bits per heavy atom. The van der Waals surface area contributed by atoms with Crippen molar-refractivity contribution >= 4 is 31.9 Å². The molecule has 0 amide bonds. The first-order chi connectivity index (χ1) is 5.09. The second-order valence-corrected chi connectivity index (χ2v) is 4.22. The fraction of sp³-hybridized carbons (Fsp3) is 0.250. The molecular weight excluding hydrogens is 272 g/mol. The van der Waals surface area contributed by atoms with E-state index in [9.17, 15) is 5.11 Å². The van der Waals surface area contributed by atoms with Gasteiger partial charge in [-0.3, -0.25) is 0 Å². The van der Waals surface area contributed by atoms with E-state index in [4.69, 9.17) is 0 Å². The van der Waals surface area contributed by atoms with Crippen LogP contribution < -0.4 is 0 Å². The summed E-state index contributed by atoms with van der Waals surface area (Å²) in [7, 11) is 0. The van der Waals surface area contributed by atoms with Crippen LogP contribution in [-0.4, -0.2) is 5.11 Å². The summed E-state index contributed by atoms with van der Waals surface area (Å²) in [5, 5.41) is 9.34. The van der Waals surface area contributed by atoms with Crippen LogP contribution in [-0.2, 0) is 0 Å². The lowest BCUT2D eigenvalue weighted by Crippen LogP contribution is -1.85. The zero-order valence-corrected chi connectivity index (χ0v) is 9.18. The first kappa shape index (κ1) is 9.07. The molecule has 1 nitrogen and oxygen atoms in total. The van der Waals surface area contributed by atoms with Gasteiger partial charge in [-0.15, -0.1) is 0 Å². The van der Waals surface area contributed by atoms with Crippen molar-refractivity contribution in [1.29, 1.82) is 0 Å². The highest BCUT2D eigenvalue weighted by molar-refractivity contribution is 9.12. The number of rotatable bonds is 0. The third-order valence-corrected chi connectivity index (χ3v) is 2.48. The molecule has 0 aromatic heterocycles. The number of hydrogen-bond donors (Lipinski definition) is 1. The molecule has 0 bridgehead atoms. The van der Waals surface area contributed by atoms with E-state index in [1.165, 1.54) is 0 Å². The van der Waals surface area contributed by atoms with Crippen molar-refractivity contribution in [2.45, 2.75) is 6.92 Å². The number of allylic oxidation sites excluding steroid dienone is 5. The van der Waals surface area contributed by atoms with Gasteiger partial charge in [-0.2, -0.15) is 0 Å². The van der Waals surface area contributed by atoms with Crippen molar-refractivity contribution in [3.63, 3.8) is 0 Å². The summed E-state index contributed by atoms with van der Waals surface area (Å²) < 4.78 is 1.70. The van der Waals surface area contributed by atoms with Crippen LogP contribution in [0.2, 0.25) is 0 Å². The summed E-state index contributed by atoms with van der Waals surface area (Å²) in [4.78, 5) is 0. The molecule has 60 valence electrons. The highest BCUT2D eigenvalue weighted by Gasteiger charge is 2.06. The zero-order chi connectivity index (χ0) is 8.43. The molecule has 1 unspecified atom stereocenters. The maximum absolute atomic E-state index is 9.34. The zero-order valence-electron chi connectivity index (χ0n) is 6.01. The molecule has 0 aliphatic heterocycles. The Balaban J connectivity index is 3.01. The minimum absolute atomic E-state index is 0.260. The standard InChI is InChI=1S/C8H8Br2O/c1-5-2-6(9)4-7(10)8(11)3-5/h2-5,11H,1H3. The van der Waals surface area contributed by atoms with Crippen molar-refractivity contribution < 1.29 is 5.11 Å². The third-order valence-electron chi connectivity index (χ3n) is 1.35. The monoisotopic (exact) mass is 278 g/mol. The van der Waals surface area contributed by atoms with Gasteiger partial charge in [0.2, 0.25) is 0 Å². The molecule has 0 saturated carbocycles. The van der Waals surface area contributed by atoms with Crippen LogP contribution in [0.15, 0.2) is 33.0 Å². The first-order valence-electron chi connectivity index (χ1n) is 3.25. The molecule has 0 aromatic carbocycles. The molecule has 0 saturated heterocycles. The van der Waals surface area contributed by atoms with E-state index in [0.29, 0.717) is 10.2 Å². The maximum atomic E-state index is 9.34.